The van der Waals surface area contributed by atoms with Crippen LogP contribution in [0, 0.1) is 5.82 Å². The maximum atomic E-state index is 13.1. The molecule has 0 saturated heterocycles. The number of ether oxygens (including phenoxy) is 1. The third-order valence-electron chi connectivity index (χ3n) is 4.50. The molecule has 0 radical (unpaired) electrons. The number of benzene rings is 3. The van der Waals surface area contributed by atoms with Crippen LogP contribution < -0.4 is 15.0 Å². The van der Waals surface area contributed by atoms with E-state index in [1.165, 1.54) is 24.3 Å². The summed E-state index contributed by atoms with van der Waals surface area (Å²) in [5.41, 5.74) is 2.25. The number of fused-ring (bicyclic) bond motifs is 1. The molecule has 3 aromatic rings. The summed E-state index contributed by atoms with van der Waals surface area (Å²) in [7, 11) is 0. The van der Waals surface area contributed by atoms with E-state index in [1.54, 1.807) is 35.2 Å². The molecule has 0 aliphatic carbocycles. The first-order chi connectivity index (χ1) is 14.0. The number of amides is 2. The lowest BCUT2D eigenvalue weighted by atomic mass is 10.1. The van der Waals surface area contributed by atoms with E-state index in [-0.39, 0.29) is 18.4 Å². The van der Waals surface area contributed by atoms with Crippen LogP contribution in [-0.4, -0.2) is 18.4 Å². The molecule has 0 unspecified atom stereocenters. The van der Waals surface area contributed by atoms with E-state index in [0.717, 1.165) is 5.56 Å². The van der Waals surface area contributed by atoms with E-state index >= 15 is 0 Å². The fourth-order valence-electron chi connectivity index (χ4n) is 3.08. The highest BCUT2D eigenvalue weighted by molar-refractivity contribution is 6.30. The second-order valence-electron chi connectivity index (χ2n) is 6.54. The van der Waals surface area contributed by atoms with E-state index in [9.17, 15) is 14.0 Å². The molecule has 0 bridgehead atoms. The molecule has 0 fully saturated rings. The number of carbonyl (C=O) groups excluding carboxylic acids is 2. The number of hydrogen-bond acceptors (Lipinski definition) is 3. The molecule has 0 saturated carbocycles. The van der Waals surface area contributed by atoms with Gasteiger partial charge in [0.05, 0.1) is 12.2 Å². The maximum absolute atomic E-state index is 13.1. The molecule has 2 amide bonds. The topological polar surface area (TPSA) is 58.6 Å². The average molecular weight is 411 g/mol. The Bertz CT molecular complexity index is 1090. The van der Waals surface area contributed by atoms with E-state index < -0.39 is 5.82 Å². The highest BCUT2D eigenvalue weighted by Gasteiger charge is 2.26. The number of anilines is 2. The van der Waals surface area contributed by atoms with Crippen molar-refractivity contribution >= 4 is 34.8 Å². The van der Waals surface area contributed by atoms with E-state index in [4.69, 9.17) is 16.3 Å². The van der Waals surface area contributed by atoms with E-state index in [2.05, 4.69) is 5.32 Å². The molecular formula is C22H16ClFN2O3. The predicted octanol–water partition coefficient (Wildman–Crippen LogP) is 4.66. The fourth-order valence-corrected chi connectivity index (χ4v) is 3.29. The monoisotopic (exact) mass is 410 g/mol. The number of hydrogen-bond donors (Lipinski definition) is 1. The molecule has 0 spiro atoms. The quantitative estimate of drug-likeness (QED) is 0.680. The predicted molar refractivity (Wildman–Crippen MR) is 109 cm³/mol. The summed E-state index contributed by atoms with van der Waals surface area (Å²) in [6, 6.07) is 17.6. The Morgan fingerprint density at radius 3 is 2.66 bits per heavy atom. The number of nitrogens with one attached hydrogen (secondary N) is 1. The SMILES string of the molecule is O=C(Nc1ccc2c(c1)N(Cc1cccc(Cl)c1)C(=O)CO2)c1ccc(F)cc1. The van der Waals surface area contributed by atoms with Crippen LogP contribution in [0.5, 0.6) is 5.75 Å². The zero-order valence-corrected chi connectivity index (χ0v) is 15.9. The first kappa shape index (κ1) is 19.0. The first-order valence-corrected chi connectivity index (χ1v) is 9.26. The Morgan fingerprint density at radius 2 is 1.90 bits per heavy atom. The van der Waals surface area contributed by atoms with Gasteiger partial charge < -0.3 is 15.0 Å². The molecule has 1 aliphatic rings. The van der Waals surface area contributed by atoms with Gasteiger partial charge in [0.1, 0.15) is 11.6 Å². The van der Waals surface area contributed by atoms with Crippen molar-refractivity contribution in [1.82, 2.24) is 0 Å². The minimum absolute atomic E-state index is 0.0607. The minimum Gasteiger partial charge on any atom is -0.482 e. The summed E-state index contributed by atoms with van der Waals surface area (Å²) in [4.78, 5) is 26.5. The Kier molecular flexibility index (Phi) is 5.18. The molecule has 7 heteroatoms. The summed E-state index contributed by atoms with van der Waals surface area (Å²) in [5.74, 6) is -0.442. The van der Waals surface area contributed by atoms with Gasteiger partial charge in [0.2, 0.25) is 0 Å². The third kappa shape index (κ3) is 4.22. The molecule has 1 aliphatic heterocycles. The van der Waals surface area contributed by atoms with Crippen molar-refractivity contribution in [2.24, 2.45) is 0 Å². The molecule has 0 atom stereocenters. The molecule has 1 N–H and O–H groups in total. The minimum atomic E-state index is -0.414. The van der Waals surface area contributed by atoms with Gasteiger partial charge >= 0.3 is 0 Å². The van der Waals surface area contributed by atoms with E-state index in [0.29, 0.717) is 34.3 Å². The number of carbonyl (C=O) groups is 2. The van der Waals surface area contributed by atoms with Gasteiger partial charge in [0, 0.05) is 16.3 Å². The van der Waals surface area contributed by atoms with Gasteiger partial charge in [-0.2, -0.15) is 0 Å². The van der Waals surface area contributed by atoms with Crippen LogP contribution in [0.1, 0.15) is 15.9 Å². The van der Waals surface area contributed by atoms with Gasteiger partial charge in [-0.25, -0.2) is 4.39 Å². The smallest absolute Gasteiger partial charge is 0.265 e. The van der Waals surface area contributed by atoms with Crippen LogP contribution in [0.15, 0.2) is 66.7 Å². The Labute approximate surface area is 171 Å². The summed E-state index contributed by atoms with van der Waals surface area (Å²) < 4.78 is 18.6. The van der Waals surface area contributed by atoms with Crippen LogP contribution >= 0.6 is 11.6 Å². The van der Waals surface area contributed by atoms with Crippen molar-refractivity contribution in [2.45, 2.75) is 6.54 Å². The molecule has 146 valence electrons. The molecular weight excluding hydrogens is 395 g/mol. The molecule has 1 heterocycles. The number of nitrogens with zero attached hydrogens (tertiary/aromatic N) is 1. The number of halogens is 2. The highest BCUT2D eigenvalue weighted by atomic mass is 35.5. The summed E-state index contributed by atoms with van der Waals surface area (Å²) in [6.07, 6.45) is 0. The van der Waals surface area contributed by atoms with Crippen molar-refractivity contribution < 1.29 is 18.7 Å². The van der Waals surface area contributed by atoms with Crippen LogP contribution in [0.2, 0.25) is 5.02 Å². The second kappa shape index (κ2) is 7.93. The van der Waals surface area contributed by atoms with Crippen LogP contribution in [0.25, 0.3) is 0 Å². The maximum Gasteiger partial charge on any atom is 0.265 e. The summed E-state index contributed by atoms with van der Waals surface area (Å²) >= 11 is 6.05. The third-order valence-corrected chi connectivity index (χ3v) is 4.73. The van der Waals surface area contributed by atoms with Crippen molar-refractivity contribution in [3.05, 3.63) is 88.7 Å². The van der Waals surface area contributed by atoms with Crippen molar-refractivity contribution in [2.75, 3.05) is 16.8 Å². The van der Waals surface area contributed by atoms with E-state index in [1.807, 2.05) is 12.1 Å². The highest BCUT2D eigenvalue weighted by Crippen LogP contribution is 2.35. The molecule has 0 aromatic heterocycles. The van der Waals surface area contributed by atoms with Crippen molar-refractivity contribution in [1.29, 1.82) is 0 Å². The molecule has 29 heavy (non-hydrogen) atoms. The van der Waals surface area contributed by atoms with Gasteiger partial charge in [-0.05, 0) is 60.2 Å². The second-order valence-corrected chi connectivity index (χ2v) is 6.98. The largest absolute Gasteiger partial charge is 0.482 e. The fraction of sp³-hybridized carbons (Fsp3) is 0.0909. The summed E-state index contributed by atoms with van der Waals surface area (Å²) in [5, 5.41) is 3.35. The van der Waals surface area contributed by atoms with Gasteiger partial charge in [-0.3, -0.25) is 9.59 Å². The van der Waals surface area contributed by atoms with Crippen molar-refractivity contribution in [3.63, 3.8) is 0 Å². The zero-order valence-electron chi connectivity index (χ0n) is 15.2. The van der Waals surface area contributed by atoms with Gasteiger partial charge in [-0.15, -0.1) is 0 Å². The summed E-state index contributed by atoms with van der Waals surface area (Å²) in [6.45, 7) is 0.264. The lowest BCUT2D eigenvalue weighted by Gasteiger charge is -2.30. The van der Waals surface area contributed by atoms with Crippen LogP contribution in [-0.2, 0) is 11.3 Å². The Hall–Kier alpha value is -3.38. The standard InChI is InChI=1S/C22H16ClFN2O3/c23-16-3-1-2-14(10-16)12-26-19-11-18(8-9-20(19)29-13-21(26)27)25-22(28)15-4-6-17(24)7-5-15/h1-11H,12-13H2,(H,25,28). The van der Waals surface area contributed by atoms with Crippen molar-refractivity contribution in [3.8, 4) is 5.75 Å². The molecule has 4 rings (SSSR count). The Morgan fingerprint density at radius 1 is 1.10 bits per heavy atom. The van der Waals surface area contributed by atoms with Gasteiger partial charge in [0.25, 0.3) is 11.8 Å². The van der Waals surface area contributed by atoms with Crippen LogP contribution in [0.4, 0.5) is 15.8 Å². The van der Waals surface area contributed by atoms with Gasteiger partial charge in [-0.1, -0.05) is 23.7 Å². The Balaban J connectivity index is 1.60. The lowest BCUT2D eigenvalue weighted by Crippen LogP contribution is -2.38. The normalized spacial score (nSPS) is 12.9. The zero-order chi connectivity index (χ0) is 20.4. The number of rotatable bonds is 4. The molecule has 5 nitrogen and oxygen atoms in total. The first-order valence-electron chi connectivity index (χ1n) is 8.88. The van der Waals surface area contributed by atoms with Gasteiger partial charge in [0.15, 0.2) is 6.61 Å². The average Bonchev–Trinajstić information content (AvgIpc) is 2.71. The van der Waals surface area contributed by atoms with Crippen LogP contribution in [0.3, 0.4) is 0 Å². The lowest BCUT2D eigenvalue weighted by molar-refractivity contribution is -0.121. The molecule has 3 aromatic carbocycles.